The Labute approximate surface area is 150 Å². The number of nitrogens with zero attached hydrogens (tertiary/aromatic N) is 2. The fourth-order valence-electron chi connectivity index (χ4n) is 2.79. The van der Waals surface area contributed by atoms with Crippen molar-refractivity contribution in [2.45, 2.75) is 6.42 Å². The number of nitro benzene ring substituents is 1. The van der Waals surface area contributed by atoms with Gasteiger partial charge in [0.05, 0.1) is 16.9 Å². The first kappa shape index (κ1) is 17.9. The topological polar surface area (TPSA) is 107 Å². The second kappa shape index (κ2) is 6.75. The van der Waals surface area contributed by atoms with Gasteiger partial charge in [-0.15, -0.1) is 0 Å². The lowest BCUT2D eigenvalue weighted by molar-refractivity contribution is -0.384. The molecule has 1 heterocycles. The number of carbonyl (C=O) groups is 1. The van der Waals surface area contributed by atoms with Crippen LogP contribution in [0.15, 0.2) is 42.5 Å². The summed E-state index contributed by atoms with van der Waals surface area (Å²) in [7, 11) is -3.33. The first-order valence-electron chi connectivity index (χ1n) is 7.77. The summed E-state index contributed by atoms with van der Waals surface area (Å²) in [5.74, 6) is 0.0947. The van der Waals surface area contributed by atoms with Gasteiger partial charge in [0.2, 0.25) is 10.0 Å². The maximum absolute atomic E-state index is 12.3. The Morgan fingerprint density at radius 3 is 2.54 bits per heavy atom. The van der Waals surface area contributed by atoms with E-state index in [2.05, 4.69) is 0 Å². The van der Waals surface area contributed by atoms with Crippen LogP contribution in [0, 0.1) is 10.1 Å². The minimum atomic E-state index is -3.33. The predicted octanol–water partition coefficient (Wildman–Crippen LogP) is 2.18. The van der Waals surface area contributed by atoms with Crippen LogP contribution in [0.2, 0.25) is 0 Å². The Balaban J connectivity index is 1.68. The van der Waals surface area contributed by atoms with E-state index in [1.54, 1.807) is 18.2 Å². The summed E-state index contributed by atoms with van der Waals surface area (Å²) in [5.41, 5.74) is 1.77. The third kappa shape index (κ3) is 3.67. The van der Waals surface area contributed by atoms with Crippen LogP contribution in [-0.2, 0) is 16.4 Å². The van der Waals surface area contributed by atoms with E-state index in [0.29, 0.717) is 30.0 Å². The lowest BCUT2D eigenvalue weighted by Gasteiger charge is -2.16. The summed E-state index contributed by atoms with van der Waals surface area (Å²) in [6.07, 6.45) is 1.70. The van der Waals surface area contributed by atoms with Crippen molar-refractivity contribution in [2.75, 3.05) is 23.7 Å². The molecule has 0 saturated carbocycles. The number of anilines is 1. The first-order chi connectivity index (χ1) is 12.3. The number of rotatable bonds is 6. The molecule has 9 heteroatoms. The number of ketones is 1. The molecule has 3 rings (SSSR count). The van der Waals surface area contributed by atoms with Gasteiger partial charge in [0.15, 0.2) is 12.4 Å². The minimum Gasteiger partial charge on any atom is -0.485 e. The van der Waals surface area contributed by atoms with E-state index in [1.807, 2.05) is 0 Å². The van der Waals surface area contributed by atoms with E-state index in [-0.39, 0.29) is 18.1 Å². The molecular weight excluding hydrogens is 360 g/mol. The number of benzene rings is 2. The van der Waals surface area contributed by atoms with E-state index in [9.17, 15) is 23.3 Å². The molecule has 0 saturated heterocycles. The zero-order valence-corrected chi connectivity index (χ0v) is 14.7. The van der Waals surface area contributed by atoms with E-state index in [4.69, 9.17) is 4.74 Å². The maximum Gasteiger partial charge on any atom is 0.269 e. The summed E-state index contributed by atoms with van der Waals surface area (Å²) in [4.78, 5) is 22.4. The highest BCUT2D eigenvalue weighted by atomic mass is 32.2. The molecule has 0 aromatic heterocycles. The maximum atomic E-state index is 12.3. The molecule has 26 heavy (non-hydrogen) atoms. The van der Waals surface area contributed by atoms with E-state index in [0.717, 1.165) is 11.8 Å². The van der Waals surface area contributed by atoms with Crippen molar-refractivity contribution >= 4 is 27.2 Å². The van der Waals surface area contributed by atoms with Crippen LogP contribution in [0.1, 0.15) is 15.9 Å². The molecule has 0 bridgehead atoms. The summed E-state index contributed by atoms with van der Waals surface area (Å²) in [5, 5.41) is 10.6. The summed E-state index contributed by atoms with van der Waals surface area (Å²) >= 11 is 0. The largest absolute Gasteiger partial charge is 0.485 e. The second-order valence-electron chi connectivity index (χ2n) is 5.89. The normalized spacial score (nSPS) is 13.3. The van der Waals surface area contributed by atoms with Crippen LogP contribution in [0.4, 0.5) is 11.4 Å². The molecule has 136 valence electrons. The molecule has 1 aliphatic rings. The number of hydrogen-bond donors (Lipinski definition) is 0. The molecule has 1 aliphatic heterocycles. The summed E-state index contributed by atoms with van der Waals surface area (Å²) in [6.45, 7) is 0.150. The van der Waals surface area contributed by atoms with E-state index in [1.165, 1.54) is 28.6 Å². The first-order valence-corrected chi connectivity index (χ1v) is 9.61. The Hall–Kier alpha value is -2.94. The monoisotopic (exact) mass is 376 g/mol. The molecule has 0 spiro atoms. The number of Topliss-reactive ketones (excluding diaryl/α,β-unsaturated/α-hetero) is 1. The molecule has 8 nitrogen and oxygen atoms in total. The molecule has 0 radical (unpaired) electrons. The van der Waals surface area contributed by atoms with Crippen LogP contribution in [0.25, 0.3) is 0 Å². The average molecular weight is 376 g/mol. The van der Waals surface area contributed by atoms with Crippen molar-refractivity contribution < 1.29 is 22.9 Å². The number of sulfonamides is 1. The van der Waals surface area contributed by atoms with Crippen molar-refractivity contribution in [3.8, 4) is 5.75 Å². The Morgan fingerprint density at radius 1 is 1.23 bits per heavy atom. The smallest absolute Gasteiger partial charge is 0.269 e. The molecule has 0 amide bonds. The number of hydrogen-bond acceptors (Lipinski definition) is 6. The molecule has 2 aromatic rings. The van der Waals surface area contributed by atoms with Crippen LogP contribution in [0.5, 0.6) is 5.75 Å². The fourth-order valence-corrected chi connectivity index (χ4v) is 3.74. The van der Waals surface area contributed by atoms with Crippen LogP contribution >= 0.6 is 0 Å². The fraction of sp³-hybridized carbons (Fsp3) is 0.235. The van der Waals surface area contributed by atoms with Crippen molar-refractivity contribution in [3.63, 3.8) is 0 Å². The van der Waals surface area contributed by atoms with E-state index >= 15 is 0 Å². The Kier molecular flexibility index (Phi) is 4.64. The molecule has 0 aliphatic carbocycles. The van der Waals surface area contributed by atoms with Gasteiger partial charge in [-0.2, -0.15) is 0 Å². The zero-order valence-electron chi connectivity index (χ0n) is 13.9. The van der Waals surface area contributed by atoms with Crippen LogP contribution in [0.3, 0.4) is 0 Å². The molecule has 0 fully saturated rings. The highest BCUT2D eigenvalue weighted by Gasteiger charge is 2.26. The standard InChI is InChI=1S/C17H16N2O6S/c1-26(23,24)18-9-8-12-10-13(2-7-16(12)18)17(20)11-25-15-5-3-14(4-6-15)19(21)22/h2-7,10H,8-9,11H2,1H3. The third-order valence-electron chi connectivity index (χ3n) is 4.07. The number of carbonyl (C=O) groups excluding carboxylic acids is 1. The van der Waals surface area contributed by atoms with Gasteiger partial charge < -0.3 is 4.74 Å². The average Bonchev–Trinajstić information content (AvgIpc) is 3.03. The lowest BCUT2D eigenvalue weighted by Crippen LogP contribution is -2.27. The van der Waals surface area contributed by atoms with Crippen LogP contribution < -0.4 is 9.04 Å². The van der Waals surface area contributed by atoms with Gasteiger partial charge in [-0.1, -0.05) is 0 Å². The summed E-state index contributed by atoms with van der Waals surface area (Å²) in [6, 6.07) is 10.3. The highest BCUT2D eigenvalue weighted by Crippen LogP contribution is 2.30. The van der Waals surface area contributed by atoms with Gasteiger partial charge in [0, 0.05) is 24.2 Å². The van der Waals surface area contributed by atoms with Gasteiger partial charge in [-0.05, 0) is 42.3 Å². The lowest BCUT2D eigenvalue weighted by atomic mass is 10.1. The highest BCUT2D eigenvalue weighted by molar-refractivity contribution is 7.92. The van der Waals surface area contributed by atoms with Gasteiger partial charge in [0.25, 0.3) is 5.69 Å². The van der Waals surface area contributed by atoms with Crippen molar-refractivity contribution in [3.05, 3.63) is 63.7 Å². The molecule has 2 aromatic carbocycles. The molecule has 0 atom stereocenters. The number of ether oxygens (including phenoxy) is 1. The van der Waals surface area contributed by atoms with Crippen molar-refractivity contribution in [1.29, 1.82) is 0 Å². The Morgan fingerprint density at radius 2 is 1.92 bits per heavy atom. The van der Waals surface area contributed by atoms with Crippen LogP contribution in [-0.4, -0.2) is 38.5 Å². The Bertz CT molecular complexity index is 969. The van der Waals surface area contributed by atoms with E-state index < -0.39 is 14.9 Å². The SMILES string of the molecule is CS(=O)(=O)N1CCc2cc(C(=O)COc3ccc([N+](=O)[O-])cc3)ccc21. The number of fused-ring (bicyclic) bond motifs is 1. The van der Waals surface area contributed by atoms with Gasteiger partial charge in [0.1, 0.15) is 5.75 Å². The molecule has 0 N–H and O–H groups in total. The number of non-ortho nitro benzene ring substituents is 1. The quantitative estimate of drug-likeness (QED) is 0.434. The summed E-state index contributed by atoms with van der Waals surface area (Å²) < 4.78 is 30.2. The zero-order chi connectivity index (χ0) is 18.9. The van der Waals surface area contributed by atoms with Crippen molar-refractivity contribution in [1.82, 2.24) is 0 Å². The molecular formula is C17H16N2O6S. The second-order valence-corrected chi connectivity index (χ2v) is 7.80. The van der Waals surface area contributed by atoms with Gasteiger partial charge >= 0.3 is 0 Å². The minimum absolute atomic E-state index is 0.0577. The van der Waals surface area contributed by atoms with Crippen molar-refractivity contribution in [2.24, 2.45) is 0 Å². The predicted molar refractivity (Wildman–Crippen MR) is 95.3 cm³/mol. The van der Waals surface area contributed by atoms with Gasteiger partial charge in [-0.3, -0.25) is 19.2 Å². The third-order valence-corrected chi connectivity index (χ3v) is 5.25. The van der Waals surface area contributed by atoms with Gasteiger partial charge in [-0.25, -0.2) is 8.42 Å². The molecule has 0 unspecified atom stereocenters. The number of nitro groups is 1.